The molecule has 0 N–H and O–H groups in total. The van der Waals surface area contributed by atoms with E-state index in [9.17, 15) is 0 Å². The molecule has 0 unspecified atom stereocenters. The lowest BCUT2D eigenvalue weighted by atomic mass is 10.1. The molecule has 20 heavy (non-hydrogen) atoms. The zero-order valence-electron chi connectivity index (χ0n) is 10.5. The molecule has 0 aliphatic heterocycles. The van der Waals surface area contributed by atoms with E-state index in [0.29, 0.717) is 0 Å². The predicted molar refractivity (Wildman–Crippen MR) is 80.9 cm³/mol. The third kappa shape index (κ3) is 1.67. The quantitative estimate of drug-likeness (QED) is 0.523. The van der Waals surface area contributed by atoms with Crippen LogP contribution in [-0.2, 0) is 0 Å². The van der Waals surface area contributed by atoms with E-state index in [1.54, 1.807) is 0 Å². The minimum Gasteiger partial charge on any atom is -0.219 e. The summed E-state index contributed by atoms with van der Waals surface area (Å²) >= 11 is 5.95. The number of aromatic nitrogens is 3. The molecule has 2 aromatic carbocycles. The minimum atomic E-state index is 0.718. The average molecular weight is 280 g/mol. The molecular weight excluding hydrogens is 270 g/mol. The first-order chi connectivity index (χ1) is 9.83. The van der Waals surface area contributed by atoms with E-state index in [-0.39, 0.29) is 0 Å². The lowest BCUT2D eigenvalue weighted by Crippen LogP contribution is -1.87. The second-order valence-corrected chi connectivity index (χ2v) is 5.08. The number of hydrogen-bond acceptors (Lipinski definition) is 2. The second kappa shape index (κ2) is 4.32. The zero-order valence-corrected chi connectivity index (χ0v) is 11.2. The summed E-state index contributed by atoms with van der Waals surface area (Å²) in [5, 5.41) is 11.6. The molecule has 3 nitrogen and oxygen atoms in total. The first-order valence-electron chi connectivity index (χ1n) is 6.32. The zero-order chi connectivity index (χ0) is 13.5. The first kappa shape index (κ1) is 11.4. The molecule has 4 rings (SSSR count). The van der Waals surface area contributed by atoms with Crippen LogP contribution in [0.15, 0.2) is 60.8 Å². The normalized spacial score (nSPS) is 11.2. The maximum atomic E-state index is 5.95. The summed E-state index contributed by atoms with van der Waals surface area (Å²) in [5.41, 5.74) is 2.91. The fourth-order valence-corrected chi connectivity index (χ4v) is 2.59. The van der Waals surface area contributed by atoms with Crippen molar-refractivity contribution in [3.05, 3.63) is 65.8 Å². The number of fused-ring (bicyclic) bond motifs is 3. The lowest BCUT2D eigenvalue weighted by Gasteiger charge is -2.02. The Hall–Kier alpha value is -2.39. The van der Waals surface area contributed by atoms with Gasteiger partial charge in [0.05, 0.1) is 0 Å². The number of pyridine rings is 1. The summed E-state index contributed by atoms with van der Waals surface area (Å²) in [4.78, 5) is 0. The van der Waals surface area contributed by atoms with Crippen molar-refractivity contribution in [2.75, 3.05) is 0 Å². The Morgan fingerprint density at radius 3 is 2.55 bits per heavy atom. The van der Waals surface area contributed by atoms with Gasteiger partial charge in [-0.15, -0.1) is 5.10 Å². The molecule has 0 aliphatic rings. The SMILES string of the molecule is Clc1ccc(-c2nnn3ccc4ccccc4c23)cc1. The molecule has 2 aromatic heterocycles. The maximum Gasteiger partial charge on any atom is 0.121 e. The van der Waals surface area contributed by atoms with Crippen LogP contribution < -0.4 is 0 Å². The van der Waals surface area contributed by atoms with Crippen LogP contribution in [0.2, 0.25) is 5.02 Å². The van der Waals surface area contributed by atoms with Crippen LogP contribution in [0.1, 0.15) is 0 Å². The molecule has 0 spiro atoms. The van der Waals surface area contributed by atoms with E-state index in [1.165, 1.54) is 5.39 Å². The summed E-state index contributed by atoms with van der Waals surface area (Å²) in [6, 6.07) is 18.0. The molecule has 0 atom stereocenters. The van der Waals surface area contributed by atoms with Crippen molar-refractivity contribution in [1.29, 1.82) is 0 Å². The molecule has 0 saturated carbocycles. The number of hydrogen-bond donors (Lipinski definition) is 0. The number of nitrogens with zero attached hydrogens (tertiary/aromatic N) is 3. The predicted octanol–water partition coefficient (Wildman–Crippen LogP) is 4.20. The standard InChI is InChI=1S/C16H10ClN3/c17-13-7-5-12(6-8-13)15-16-14-4-2-1-3-11(14)9-10-20(16)19-18-15/h1-10H. The van der Waals surface area contributed by atoms with Gasteiger partial charge >= 0.3 is 0 Å². The van der Waals surface area contributed by atoms with E-state index >= 15 is 0 Å². The number of benzene rings is 2. The monoisotopic (exact) mass is 279 g/mol. The molecule has 0 fully saturated rings. The minimum absolute atomic E-state index is 0.718. The highest BCUT2D eigenvalue weighted by atomic mass is 35.5. The van der Waals surface area contributed by atoms with Gasteiger partial charge in [0.1, 0.15) is 11.2 Å². The lowest BCUT2D eigenvalue weighted by molar-refractivity contribution is 0.859. The molecule has 0 amide bonds. The van der Waals surface area contributed by atoms with Gasteiger partial charge in [0.15, 0.2) is 0 Å². The van der Waals surface area contributed by atoms with Gasteiger partial charge < -0.3 is 0 Å². The van der Waals surface area contributed by atoms with E-state index in [1.807, 2.05) is 53.2 Å². The van der Waals surface area contributed by atoms with Crippen molar-refractivity contribution < 1.29 is 0 Å². The van der Waals surface area contributed by atoms with Gasteiger partial charge in [-0.2, -0.15) is 0 Å². The Labute approximate surface area is 120 Å². The van der Waals surface area contributed by atoms with E-state index in [2.05, 4.69) is 22.4 Å². The van der Waals surface area contributed by atoms with Crippen molar-refractivity contribution in [2.24, 2.45) is 0 Å². The van der Waals surface area contributed by atoms with Crippen LogP contribution in [0.3, 0.4) is 0 Å². The molecule has 0 bridgehead atoms. The Morgan fingerprint density at radius 1 is 0.900 bits per heavy atom. The van der Waals surface area contributed by atoms with Gasteiger partial charge in [-0.1, -0.05) is 53.2 Å². The first-order valence-corrected chi connectivity index (χ1v) is 6.69. The summed E-state index contributed by atoms with van der Waals surface area (Å²) in [7, 11) is 0. The summed E-state index contributed by atoms with van der Waals surface area (Å²) in [6.07, 6.45) is 1.93. The van der Waals surface area contributed by atoms with Crippen molar-refractivity contribution in [3.8, 4) is 11.3 Å². The summed E-state index contributed by atoms with van der Waals surface area (Å²) in [6.45, 7) is 0. The van der Waals surface area contributed by atoms with Crippen LogP contribution >= 0.6 is 11.6 Å². The molecule has 4 aromatic rings. The van der Waals surface area contributed by atoms with Gasteiger partial charge in [-0.25, -0.2) is 4.52 Å². The number of halogens is 1. The highest BCUT2D eigenvalue weighted by Gasteiger charge is 2.11. The van der Waals surface area contributed by atoms with Crippen LogP contribution in [0.5, 0.6) is 0 Å². The largest absolute Gasteiger partial charge is 0.219 e. The molecule has 96 valence electrons. The second-order valence-electron chi connectivity index (χ2n) is 4.64. The van der Waals surface area contributed by atoms with E-state index in [4.69, 9.17) is 11.6 Å². The molecule has 4 heteroatoms. The van der Waals surface area contributed by atoms with Gasteiger partial charge in [0.2, 0.25) is 0 Å². The van der Waals surface area contributed by atoms with Crippen LogP contribution in [0, 0.1) is 0 Å². The highest BCUT2D eigenvalue weighted by Crippen LogP contribution is 2.28. The maximum absolute atomic E-state index is 5.95. The number of rotatable bonds is 1. The van der Waals surface area contributed by atoms with Crippen molar-refractivity contribution >= 4 is 27.9 Å². The Morgan fingerprint density at radius 2 is 1.70 bits per heavy atom. The Balaban J connectivity index is 2.09. The van der Waals surface area contributed by atoms with Crippen LogP contribution in [0.4, 0.5) is 0 Å². The molecule has 0 radical (unpaired) electrons. The molecular formula is C16H10ClN3. The molecule has 0 aliphatic carbocycles. The fraction of sp³-hybridized carbons (Fsp3) is 0. The summed E-state index contributed by atoms with van der Waals surface area (Å²) in [5.74, 6) is 0. The van der Waals surface area contributed by atoms with Gasteiger partial charge in [0, 0.05) is 22.2 Å². The third-order valence-electron chi connectivity index (χ3n) is 3.42. The van der Waals surface area contributed by atoms with Gasteiger partial charge in [-0.3, -0.25) is 0 Å². The van der Waals surface area contributed by atoms with Gasteiger partial charge in [-0.05, 0) is 23.6 Å². The van der Waals surface area contributed by atoms with E-state index < -0.39 is 0 Å². The van der Waals surface area contributed by atoms with Crippen molar-refractivity contribution in [1.82, 2.24) is 14.8 Å². The topological polar surface area (TPSA) is 30.2 Å². The van der Waals surface area contributed by atoms with Crippen molar-refractivity contribution in [3.63, 3.8) is 0 Å². The third-order valence-corrected chi connectivity index (χ3v) is 3.68. The smallest absolute Gasteiger partial charge is 0.121 e. The van der Waals surface area contributed by atoms with Gasteiger partial charge in [0.25, 0.3) is 0 Å². The fourth-order valence-electron chi connectivity index (χ4n) is 2.46. The summed E-state index contributed by atoms with van der Waals surface area (Å²) < 4.78 is 1.81. The van der Waals surface area contributed by atoms with E-state index in [0.717, 1.165) is 27.2 Å². The molecule has 2 heterocycles. The average Bonchev–Trinajstić information content (AvgIpc) is 2.92. The van der Waals surface area contributed by atoms with Crippen molar-refractivity contribution in [2.45, 2.75) is 0 Å². The Kier molecular flexibility index (Phi) is 2.47. The van der Waals surface area contributed by atoms with Crippen LogP contribution in [0.25, 0.3) is 27.5 Å². The highest BCUT2D eigenvalue weighted by molar-refractivity contribution is 6.30. The Bertz CT molecular complexity index is 910. The molecule has 0 saturated heterocycles. The van der Waals surface area contributed by atoms with Crippen LogP contribution in [-0.4, -0.2) is 14.8 Å².